The summed E-state index contributed by atoms with van der Waals surface area (Å²) in [6.45, 7) is 0. The zero-order valence-electron chi connectivity index (χ0n) is 13.1. The molecule has 4 aromatic rings. The third-order valence-corrected chi connectivity index (χ3v) is 4.07. The van der Waals surface area contributed by atoms with Crippen LogP contribution in [-0.4, -0.2) is 27.1 Å². The van der Waals surface area contributed by atoms with E-state index in [1.54, 1.807) is 6.20 Å². The van der Waals surface area contributed by atoms with E-state index < -0.39 is 0 Å². The van der Waals surface area contributed by atoms with Gasteiger partial charge in [-0.05, 0) is 35.4 Å². The molecule has 0 unspecified atom stereocenters. The summed E-state index contributed by atoms with van der Waals surface area (Å²) in [5.41, 5.74) is 4.83. The average Bonchev–Trinajstić information content (AvgIpc) is 3.08. The number of anilines is 1. The van der Waals surface area contributed by atoms with E-state index in [9.17, 15) is 5.11 Å². The van der Waals surface area contributed by atoms with E-state index in [1.807, 2.05) is 37.5 Å². The Balaban J connectivity index is 1.68. The molecular weight excluding hydrogens is 300 g/mol. The van der Waals surface area contributed by atoms with Crippen molar-refractivity contribution >= 4 is 16.7 Å². The van der Waals surface area contributed by atoms with Gasteiger partial charge in [0.2, 0.25) is 5.88 Å². The fraction of sp³-hybridized carbons (Fsp3) is 0.0526. The van der Waals surface area contributed by atoms with Crippen molar-refractivity contribution in [1.29, 1.82) is 0 Å². The van der Waals surface area contributed by atoms with Crippen molar-refractivity contribution in [2.24, 2.45) is 0 Å². The summed E-state index contributed by atoms with van der Waals surface area (Å²) in [6, 6.07) is 16.1. The highest BCUT2D eigenvalue weighted by Crippen LogP contribution is 2.29. The summed E-state index contributed by atoms with van der Waals surface area (Å²) >= 11 is 0. The number of nitrogens with zero attached hydrogens (tertiary/aromatic N) is 2. The largest absolute Gasteiger partial charge is 0.492 e. The standard InChI is InChI=1S/C19H16N4O/c1-20-17-7-6-15(11-22-17)12-2-4-13(5-3-12)16-10-14-8-9-21-19(24)18(14)23-16/h2-11,23H,1H3,(H,20,22)(H,21,24). The van der Waals surface area contributed by atoms with Crippen molar-refractivity contribution in [1.82, 2.24) is 15.0 Å². The lowest BCUT2D eigenvalue weighted by molar-refractivity contribution is 0.459. The molecule has 0 aliphatic rings. The number of benzene rings is 1. The summed E-state index contributed by atoms with van der Waals surface area (Å²) < 4.78 is 0. The van der Waals surface area contributed by atoms with Gasteiger partial charge in [-0.15, -0.1) is 0 Å². The lowest BCUT2D eigenvalue weighted by Crippen LogP contribution is -1.91. The van der Waals surface area contributed by atoms with Gasteiger partial charge in [0, 0.05) is 36.1 Å². The van der Waals surface area contributed by atoms with E-state index in [4.69, 9.17) is 0 Å². The molecule has 3 heterocycles. The monoisotopic (exact) mass is 316 g/mol. The molecule has 0 saturated heterocycles. The first-order valence-electron chi connectivity index (χ1n) is 7.66. The van der Waals surface area contributed by atoms with Crippen LogP contribution in [-0.2, 0) is 0 Å². The van der Waals surface area contributed by atoms with Crippen molar-refractivity contribution in [3.8, 4) is 28.3 Å². The Labute approximate surface area is 139 Å². The Hall–Kier alpha value is -3.34. The van der Waals surface area contributed by atoms with Crippen molar-refractivity contribution in [3.63, 3.8) is 0 Å². The highest BCUT2D eigenvalue weighted by molar-refractivity contribution is 5.89. The van der Waals surface area contributed by atoms with Gasteiger partial charge in [0.25, 0.3) is 0 Å². The number of pyridine rings is 2. The Bertz CT molecular complexity index is 988. The molecular formula is C19H16N4O. The molecule has 3 N–H and O–H groups in total. The maximum Gasteiger partial charge on any atom is 0.235 e. The minimum absolute atomic E-state index is 0.0195. The molecule has 5 heteroatoms. The minimum atomic E-state index is 0.0195. The van der Waals surface area contributed by atoms with E-state index in [1.165, 1.54) is 0 Å². The van der Waals surface area contributed by atoms with Gasteiger partial charge >= 0.3 is 0 Å². The first-order chi connectivity index (χ1) is 11.7. The number of fused-ring (bicyclic) bond motifs is 1. The lowest BCUT2D eigenvalue weighted by Gasteiger charge is -2.05. The number of aromatic hydroxyl groups is 1. The molecule has 4 rings (SSSR count). The van der Waals surface area contributed by atoms with Crippen LogP contribution < -0.4 is 5.32 Å². The minimum Gasteiger partial charge on any atom is -0.492 e. The van der Waals surface area contributed by atoms with Crippen LogP contribution in [0, 0.1) is 0 Å². The van der Waals surface area contributed by atoms with Gasteiger partial charge in [-0.25, -0.2) is 9.97 Å². The predicted molar refractivity (Wildman–Crippen MR) is 96.0 cm³/mol. The Morgan fingerprint density at radius 2 is 1.67 bits per heavy atom. The molecule has 24 heavy (non-hydrogen) atoms. The van der Waals surface area contributed by atoms with Crippen LogP contribution in [0.5, 0.6) is 5.88 Å². The fourth-order valence-corrected chi connectivity index (χ4v) is 2.75. The SMILES string of the molecule is CNc1ccc(-c2ccc(-c3cc4ccnc(O)c4[nH]3)cc2)cn1. The maximum absolute atomic E-state index is 9.81. The van der Waals surface area contributed by atoms with Crippen LogP contribution in [0.2, 0.25) is 0 Å². The van der Waals surface area contributed by atoms with Crippen molar-refractivity contribution in [3.05, 3.63) is 60.9 Å². The highest BCUT2D eigenvalue weighted by atomic mass is 16.3. The third-order valence-electron chi connectivity index (χ3n) is 4.07. The van der Waals surface area contributed by atoms with Gasteiger partial charge in [-0.2, -0.15) is 0 Å². The molecule has 0 aliphatic heterocycles. The zero-order valence-corrected chi connectivity index (χ0v) is 13.1. The molecule has 0 radical (unpaired) electrons. The summed E-state index contributed by atoms with van der Waals surface area (Å²) in [5.74, 6) is 0.868. The van der Waals surface area contributed by atoms with Gasteiger partial charge in [-0.1, -0.05) is 24.3 Å². The summed E-state index contributed by atoms with van der Waals surface area (Å²) in [6.07, 6.45) is 3.45. The molecule has 0 amide bonds. The van der Waals surface area contributed by atoms with Crippen molar-refractivity contribution < 1.29 is 5.11 Å². The van der Waals surface area contributed by atoms with Gasteiger partial charge < -0.3 is 15.4 Å². The number of hydrogen-bond acceptors (Lipinski definition) is 4. The second-order valence-electron chi connectivity index (χ2n) is 5.54. The summed E-state index contributed by atoms with van der Waals surface area (Å²) in [4.78, 5) is 11.5. The normalized spacial score (nSPS) is 10.9. The van der Waals surface area contributed by atoms with Gasteiger partial charge in [0.1, 0.15) is 11.3 Å². The Morgan fingerprint density at radius 3 is 2.33 bits per heavy atom. The van der Waals surface area contributed by atoms with E-state index in [-0.39, 0.29) is 5.88 Å². The zero-order chi connectivity index (χ0) is 16.5. The number of hydrogen-bond donors (Lipinski definition) is 3. The maximum atomic E-state index is 9.81. The molecule has 118 valence electrons. The summed E-state index contributed by atoms with van der Waals surface area (Å²) in [5, 5.41) is 13.8. The lowest BCUT2D eigenvalue weighted by atomic mass is 10.0. The predicted octanol–water partition coefficient (Wildman–Crippen LogP) is 4.04. The van der Waals surface area contributed by atoms with Gasteiger partial charge in [0.05, 0.1) is 0 Å². The number of nitrogens with one attached hydrogen (secondary N) is 2. The molecule has 0 saturated carbocycles. The average molecular weight is 316 g/mol. The van der Waals surface area contributed by atoms with Crippen LogP contribution in [0.25, 0.3) is 33.3 Å². The first-order valence-corrected chi connectivity index (χ1v) is 7.66. The molecule has 0 bridgehead atoms. The molecule has 0 atom stereocenters. The van der Waals surface area contributed by atoms with E-state index in [0.717, 1.165) is 33.6 Å². The second-order valence-corrected chi connectivity index (χ2v) is 5.54. The smallest absolute Gasteiger partial charge is 0.235 e. The topological polar surface area (TPSA) is 73.8 Å². The molecule has 0 aliphatic carbocycles. The fourth-order valence-electron chi connectivity index (χ4n) is 2.75. The third kappa shape index (κ3) is 2.46. The molecule has 0 spiro atoms. The van der Waals surface area contributed by atoms with Crippen LogP contribution in [0.4, 0.5) is 5.82 Å². The first kappa shape index (κ1) is 14.3. The number of rotatable bonds is 3. The van der Waals surface area contributed by atoms with E-state index >= 15 is 0 Å². The highest BCUT2D eigenvalue weighted by Gasteiger charge is 2.07. The quantitative estimate of drug-likeness (QED) is 0.533. The van der Waals surface area contributed by atoms with Crippen LogP contribution in [0.1, 0.15) is 0 Å². The molecule has 3 aromatic heterocycles. The van der Waals surface area contributed by atoms with E-state index in [0.29, 0.717) is 5.52 Å². The van der Waals surface area contributed by atoms with Crippen LogP contribution in [0.3, 0.4) is 0 Å². The molecule has 0 fully saturated rings. The molecule has 5 nitrogen and oxygen atoms in total. The second kappa shape index (κ2) is 5.70. The van der Waals surface area contributed by atoms with Gasteiger partial charge in [0.15, 0.2) is 0 Å². The number of H-pyrrole nitrogens is 1. The summed E-state index contributed by atoms with van der Waals surface area (Å²) in [7, 11) is 1.85. The van der Waals surface area contributed by atoms with E-state index in [2.05, 4.69) is 44.5 Å². The number of aromatic nitrogens is 3. The van der Waals surface area contributed by atoms with Crippen molar-refractivity contribution in [2.45, 2.75) is 0 Å². The Morgan fingerprint density at radius 1 is 0.917 bits per heavy atom. The van der Waals surface area contributed by atoms with Crippen molar-refractivity contribution in [2.75, 3.05) is 12.4 Å². The molecule has 1 aromatic carbocycles. The number of aromatic amines is 1. The van der Waals surface area contributed by atoms with Crippen LogP contribution in [0.15, 0.2) is 60.9 Å². The van der Waals surface area contributed by atoms with Gasteiger partial charge in [-0.3, -0.25) is 0 Å². The Kier molecular flexibility index (Phi) is 3.39. The van der Waals surface area contributed by atoms with Crippen LogP contribution >= 0.6 is 0 Å².